The zero-order valence-corrected chi connectivity index (χ0v) is 11.4. The highest BCUT2D eigenvalue weighted by molar-refractivity contribution is 5.30. The predicted octanol–water partition coefficient (Wildman–Crippen LogP) is 1.84. The first-order chi connectivity index (χ1) is 9.86. The Labute approximate surface area is 117 Å². The van der Waals surface area contributed by atoms with Crippen LogP contribution in [-0.2, 0) is 13.1 Å². The van der Waals surface area contributed by atoms with Gasteiger partial charge in [-0.3, -0.25) is 0 Å². The van der Waals surface area contributed by atoms with Crippen molar-refractivity contribution in [3.8, 4) is 5.69 Å². The topological polar surface area (TPSA) is 47.7 Å². The fraction of sp³-hybridized carbons (Fsp3) is 0.200. The quantitative estimate of drug-likeness (QED) is 0.767. The van der Waals surface area contributed by atoms with Crippen molar-refractivity contribution in [1.29, 1.82) is 0 Å². The van der Waals surface area contributed by atoms with Gasteiger partial charge < -0.3 is 9.88 Å². The summed E-state index contributed by atoms with van der Waals surface area (Å²) in [5.41, 5.74) is 2.23. The van der Waals surface area contributed by atoms with Gasteiger partial charge in [0.1, 0.15) is 5.82 Å². The van der Waals surface area contributed by atoms with Crippen LogP contribution in [0.3, 0.4) is 0 Å². The number of hydrogen-bond acceptors (Lipinski definition) is 3. The normalized spacial score (nSPS) is 10.8. The summed E-state index contributed by atoms with van der Waals surface area (Å²) in [6, 6.07) is 10.1. The average molecular weight is 267 g/mol. The van der Waals surface area contributed by atoms with E-state index in [9.17, 15) is 0 Å². The van der Waals surface area contributed by atoms with Crippen LogP contribution in [0.4, 0.5) is 0 Å². The maximum Gasteiger partial charge on any atom is 0.122 e. The van der Waals surface area contributed by atoms with Gasteiger partial charge in [-0.2, -0.15) is 5.10 Å². The van der Waals surface area contributed by atoms with Crippen molar-refractivity contribution >= 4 is 0 Å². The highest BCUT2D eigenvalue weighted by atomic mass is 15.3. The Morgan fingerprint density at radius 3 is 2.85 bits per heavy atom. The number of rotatable bonds is 5. The summed E-state index contributed by atoms with van der Waals surface area (Å²) in [6.07, 6.45) is 7.77. The molecule has 0 radical (unpaired) electrons. The van der Waals surface area contributed by atoms with Crippen LogP contribution in [0.25, 0.3) is 5.69 Å². The van der Waals surface area contributed by atoms with E-state index in [1.165, 1.54) is 0 Å². The summed E-state index contributed by atoms with van der Waals surface area (Å²) in [5, 5.41) is 7.53. The lowest BCUT2D eigenvalue weighted by atomic mass is 10.3. The van der Waals surface area contributed by atoms with Crippen molar-refractivity contribution < 1.29 is 0 Å². The molecule has 0 atom stereocenters. The third-order valence-electron chi connectivity index (χ3n) is 3.15. The largest absolute Gasteiger partial charge is 0.329 e. The Bertz CT molecular complexity index is 668. The molecule has 2 heterocycles. The Morgan fingerprint density at radius 2 is 2.05 bits per heavy atom. The molecule has 0 aliphatic heterocycles. The van der Waals surface area contributed by atoms with Crippen molar-refractivity contribution in [1.82, 2.24) is 24.6 Å². The van der Waals surface area contributed by atoms with E-state index in [4.69, 9.17) is 0 Å². The van der Waals surface area contributed by atoms with Gasteiger partial charge in [0.25, 0.3) is 0 Å². The standard InChI is InChI=1S/C15H17N5/c1-16-10-15-17-7-8-19(15)11-13-9-18-20(12-13)14-5-3-2-4-6-14/h2-9,12,16H,10-11H2,1H3. The molecule has 2 aromatic heterocycles. The molecular formula is C15H17N5. The van der Waals surface area contributed by atoms with Crippen LogP contribution >= 0.6 is 0 Å². The molecule has 0 fully saturated rings. The van der Waals surface area contributed by atoms with Crippen LogP contribution in [0.15, 0.2) is 55.1 Å². The SMILES string of the molecule is CNCc1nccn1Cc1cnn(-c2ccccc2)c1. The molecule has 3 rings (SSSR count). The molecule has 102 valence electrons. The molecule has 0 unspecified atom stereocenters. The van der Waals surface area contributed by atoms with Gasteiger partial charge in [0, 0.05) is 24.2 Å². The maximum absolute atomic E-state index is 4.41. The third-order valence-corrected chi connectivity index (χ3v) is 3.15. The lowest BCUT2D eigenvalue weighted by molar-refractivity contribution is 0.673. The fourth-order valence-electron chi connectivity index (χ4n) is 2.17. The Balaban J connectivity index is 1.79. The molecule has 3 aromatic rings. The minimum atomic E-state index is 0.764. The molecular weight excluding hydrogens is 250 g/mol. The van der Waals surface area contributed by atoms with Gasteiger partial charge in [0.15, 0.2) is 0 Å². The van der Waals surface area contributed by atoms with E-state index in [-0.39, 0.29) is 0 Å². The summed E-state index contributed by atoms with van der Waals surface area (Å²) >= 11 is 0. The zero-order valence-electron chi connectivity index (χ0n) is 11.4. The Hall–Kier alpha value is -2.40. The summed E-state index contributed by atoms with van der Waals surface area (Å²) in [7, 11) is 1.92. The number of imidazole rings is 1. The lowest BCUT2D eigenvalue weighted by Crippen LogP contribution is -2.12. The third kappa shape index (κ3) is 2.62. The second-order valence-electron chi connectivity index (χ2n) is 4.63. The van der Waals surface area contributed by atoms with E-state index in [1.807, 2.05) is 60.7 Å². The van der Waals surface area contributed by atoms with Gasteiger partial charge in [0.2, 0.25) is 0 Å². The van der Waals surface area contributed by atoms with Crippen LogP contribution in [0.5, 0.6) is 0 Å². The van der Waals surface area contributed by atoms with E-state index in [0.717, 1.165) is 30.2 Å². The van der Waals surface area contributed by atoms with E-state index in [1.54, 1.807) is 0 Å². The molecule has 0 saturated carbocycles. The molecule has 0 aliphatic carbocycles. The average Bonchev–Trinajstić information content (AvgIpc) is 3.11. The second-order valence-corrected chi connectivity index (χ2v) is 4.63. The molecule has 0 aliphatic rings. The van der Waals surface area contributed by atoms with E-state index in [2.05, 4.69) is 26.2 Å². The highest BCUT2D eigenvalue weighted by Crippen LogP contribution is 2.09. The van der Waals surface area contributed by atoms with Crippen LogP contribution in [0, 0.1) is 0 Å². The predicted molar refractivity (Wildman–Crippen MR) is 77.7 cm³/mol. The smallest absolute Gasteiger partial charge is 0.122 e. The second kappa shape index (κ2) is 5.71. The fourth-order valence-corrected chi connectivity index (χ4v) is 2.17. The van der Waals surface area contributed by atoms with Crippen molar-refractivity contribution in [2.45, 2.75) is 13.1 Å². The molecule has 0 spiro atoms. The summed E-state index contributed by atoms with van der Waals surface area (Å²) in [6.45, 7) is 1.55. The molecule has 20 heavy (non-hydrogen) atoms. The van der Waals surface area contributed by atoms with Crippen LogP contribution < -0.4 is 5.32 Å². The first kappa shape index (κ1) is 12.6. The minimum Gasteiger partial charge on any atom is -0.329 e. The van der Waals surface area contributed by atoms with Crippen LogP contribution in [0.1, 0.15) is 11.4 Å². The number of benzene rings is 1. The highest BCUT2D eigenvalue weighted by Gasteiger charge is 2.05. The number of para-hydroxylation sites is 1. The minimum absolute atomic E-state index is 0.764. The van der Waals surface area contributed by atoms with Crippen molar-refractivity contribution in [2.24, 2.45) is 0 Å². The molecule has 1 aromatic carbocycles. The summed E-state index contributed by atoms with van der Waals surface area (Å²) < 4.78 is 4.02. The molecule has 0 bridgehead atoms. The van der Waals surface area contributed by atoms with Crippen molar-refractivity contribution in [2.75, 3.05) is 7.05 Å². The zero-order chi connectivity index (χ0) is 13.8. The summed E-state index contributed by atoms with van der Waals surface area (Å²) in [4.78, 5) is 4.34. The Kier molecular flexibility index (Phi) is 3.60. The van der Waals surface area contributed by atoms with E-state index in [0.29, 0.717) is 0 Å². The van der Waals surface area contributed by atoms with Gasteiger partial charge in [-0.25, -0.2) is 9.67 Å². The van der Waals surface area contributed by atoms with Gasteiger partial charge in [-0.05, 0) is 19.2 Å². The van der Waals surface area contributed by atoms with Gasteiger partial charge in [-0.1, -0.05) is 18.2 Å². The molecule has 5 nitrogen and oxygen atoms in total. The van der Waals surface area contributed by atoms with Crippen LogP contribution in [-0.4, -0.2) is 26.4 Å². The van der Waals surface area contributed by atoms with Gasteiger partial charge >= 0.3 is 0 Å². The molecule has 1 N–H and O–H groups in total. The molecule has 5 heteroatoms. The van der Waals surface area contributed by atoms with E-state index >= 15 is 0 Å². The van der Waals surface area contributed by atoms with Gasteiger partial charge in [0.05, 0.1) is 25.0 Å². The number of hydrogen-bond donors (Lipinski definition) is 1. The number of aromatic nitrogens is 4. The summed E-state index contributed by atoms with van der Waals surface area (Å²) in [5.74, 6) is 1.03. The number of nitrogens with one attached hydrogen (secondary N) is 1. The first-order valence-corrected chi connectivity index (χ1v) is 6.60. The first-order valence-electron chi connectivity index (χ1n) is 6.60. The van der Waals surface area contributed by atoms with Crippen molar-refractivity contribution in [3.05, 3.63) is 66.5 Å². The molecule has 0 amide bonds. The van der Waals surface area contributed by atoms with Crippen molar-refractivity contribution in [3.63, 3.8) is 0 Å². The van der Waals surface area contributed by atoms with Crippen LogP contribution in [0.2, 0.25) is 0 Å². The Morgan fingerprint density at radius 1 is 1.20 bits per heavy atom. The molecule has 0 saturated heterocycles. The maximum atomic E-state index is 4.41. The van der Waals surface area contributed by atoms with Gasteiger partial charge in [-0.15, -0.1) is 0 Å². The number of nitrogens with zero attached hydrogens (tertiary/aromatic N) is 4. The van der Waals surface area contributed by atoms with E-state index < -0.39 is 0 Å². The monoisotopic (exact) mass is 267 g/mol. The lowest BCUT2D eigenvalue weighted by Gasteiger charge is -2.05.